The summed E-state index contributed by atoms with van der Waals surface area (Å²) in [5.74, 6) is 0. The van der Waals surface area contributed by atoms with Crippen LogP contribution in [0, 0.1) is 0 Å². The van der Waals surface area contributed by atoms with Crippen molar-refractivity contribution in [3.8, 4) is 0 Å². The summed E-state index contributed by atoms with van der Waals surface area (Å²) < 4.78 is 27.6. The fourth-order valence-electron chi connectivity index (χ4n) is 1.33. The third-order valence-electron chi connectivity index (χ3n) is 2.51. The summed E-state index contributed by atoms with van der Waals surface area (Å²) in [7, 11) is -3.42. The molecule has 1 aromatic rings. The maximum atomic E-state index is 12.2. The molecule has 0 bridgehead atoms. The highest BCUT2D eigenvalue weighted by Crippen LogP contribution is 2.31. The molecule has 0 radical (unpaired) electrons. The van der Waals surface area contributed by atoms with Gasteiger partial charge in [-0.1, -0.05) is 13.8 Å². The predicted molar refractivity (Wildman–Crippen MR) is 79.5 cm³/mol. The SMILES string of the molecule is CCNCc1cc(S(=O)(=O)NC(C)CC)c(Br)s1. The van der Waals surface area contributed by atoms with E-state index in [-0.39, 0.29) is 6.04 Å². The second-order valence-corrected chi connectivity index (χ2v) is 8.20. The van der Waals surface area contributed by atoms with Crippen molar-refractivity contribution in [2.75, 3.05) is 6.54 Å². The van der Waals surface area contributed by atoms with Crippen molar-refractivity contribution in [1.29, 1.82) is 0 Å². The Morgan fingerprint density at radius 2 is 2.11 bits per heavy atom. The van der Waals surface area contributed by atoms with Crippen molar-refractivity contribution in [2.24, 2.45) is 0 Å². The van der Waals surface area contributed by atoms with E-state index in [9.17, 15) is 8.42 Å². The lowest BCUT2D eigenvalue weighted by Gasteiger charge is -2.11. The molecule has 7 heteroatoms. The maximum absolute atomic E-state index is 12.2. The van der Waals surface area contributed by atoms with Gasteiger partial charge in [-0.15, -0.1) is 11.3 Å². The smallest absolute Gasteiger partial charge is 0.242 e. The molecule has 1 aromatic heterocycles. The second-order valence-electron chi connectivity index (χ2n) is 4.06. The van der Waals surface area contributed by atoms with Crippen molar-refractivity contribution < 1.29 is 8.42 Å². The molecule has 18 heavy (non-hydrogen) atoms. The fraction of sp³-hybridized carbons (Fsp3) is 0.636. The van der Waals surface area contributed by atoms with Gasteiger partial charge in [0.05, 0.1) is 3.79 Å². The molecule has 0 spiro atoms. The van der Waals surface area contributed by atoms with Crippen LogP contribution in [0.2, 0.25) is 0 Å². The first-order chi connectivity index (χ1) is 8.40. The highest BCUT2D eigenvalue weighted by molar-refractivity contribution is 9.11. The summed E-state index contributed by atoms with van der Waals surface area (Å²) >= 11 is 4.78. The number of hydrogen-bond acceptors (Lipinski definition) is 4. The lowest BCUT2D eigenvalue weighted by atomic mass is 10.3. The summed E-state index contributed by atoms with van der Waals surface area (Å²) in [4.78, 5) is 1.34. The van der Waals surface area contributed by atoms with Gasteiger partial charge in [-0.05, 0) is 41.9 Å². The molecular formula is C11H19BrN2O2S2. The third-order valence-corrected chi connectivity index (χ3v) is 6.36. The maximum Gasteiger partial charge on any atom is 0.242 e. The summed E-state index contributed by atoms with van der Waals surface area (Å²) in [6.45, 7) is 7.38. The Morgan fingerprint density at radius 1 is 1.44 bits per heavy atom. The van der Waals surface area contributed by atoms with Crippen LogP contribution in [0.3, 0.4) is 0 Å². The molecule has 1 heterocycles. The molecule has 1 unspecified atom stereocenters. The van der Waals surface area contributed by atoms with E-state index in [1.165, 1.54) is 11.3 Å². The number of rotatable bonds is 7. The molecule has 0 saturated heterocycles. The van der Waals surface area contributed by atoms with Crippen LogP contribution in [-0.2, 0) is 16.6 Å². The van der Waals surface area contributed by atoms with Crippen molar-refractivity contribution in [3.05, 3.63) is 14.7 Å². The molecule has 1 atom stereocenters. The molecule has 0 amide bonds. The molecule has 2 N–H and O–H groups in total. The average Bonchev–Trinajstić information content (AvgIpc) is 2.68. The quantitative estimate of drug-likeness (QED) is 0.791. The van der Waals surface area contributed by atoms with Gasteiger partial charge in [0.15, 0.2) is 0 Å². The molecule has 0 aromatic carbocycles. The van der Waals surface area contributed by atoms with Crippen LogP contribution in [0.25, 0.3) is 0 Å². The van der Waals surface area contributed by atoms with E-state index in [0.29, 0.717) is 15.2 Å². The first kappa shape index (κ1) is 16.1. The van der Waals surface area contributed by atoms with E-state index in [0.717, 1.165) is 17.8 Å². The van der Waals surface area contributed by atoms with Crippen molar-refractivity contribution >= 4 is 37.3 Å². The van der Waals surface area contributed by atoms with E-state index in [1.54, 1.807) is 6.07 Å². The monoisotopic (exact) mass is 354 g/mol. The Morgan fingerprint density at radius 3 is 2.67 bits per heavy atom. The molecule has 104 valence electrons. The van der Waals surface area contributed by atoms with Gasteiger partial charge in [0.1, 0.15) is 4.90 Å². The van der Waals surface area contributed by atoms with Crippen LogP contribution in [0.4, 0.5) is 0 Å². The van der Waals surface area contributed by atoms with Crippen molar-refractivity contribution in [3.63, 3.8) is 0 Å². The highest BCUT2D eigenvalue weighted by atomic mass is 79.9. The molecule has 1 rings (SSSR count). The third kappa shape index (κ3) is 4.31. The average molecular weight is 355 g/mol. The molecule has 0 saturated carbocycles. The number of halogens is 1. The minimum absolute atomic E-state index is 0.0565. The van der Waals surface area contributed by atoms with Crippen LogP contribution >= 0.6 is 27.3 Å². The Labute approximate surface area is 121 Å². The van der Waals surface area contributed by atoms with Crippen molar-refractivity contribution in [2.45, 2.75) is 44.7 Å². The minimum Gasteiger partial charge on any atom is -0.312 e. The molecule has 0 aliphatic carbocycles. The van der Waals surface area contributed by atoms with E-state index in [2.05, 4.69) is 26.0 Å². The topological polar surface area (TPSA) is 58.2 Å². The number of thiophene rings is 1. The molecule has 4 nitrogen and oxygen atoms in total. The Kier molecular flexibility index (Phi) is 6.26. The first-order valence-electron chi connectivity index (χ1n) is 5.92. The van der Waals surface area contributed by atoms with Gasteiger partial charge in [0.25, 0.3) is 0 Å². The summed E-state index contributed by atoms with van der Waals surface area (Å²) in [6.07, 6.45) is 0.769. The molecule has 0 aliphatic heterocycles. The van der Waals surface area contributed by atoms with E-state index >= 15 is 0 Å². The second kappa shape index (κ2) is 7.00. The fourth-order valence-corrected chi connectivity index (χ4v) is 5.31. The standard InChI is InChI=1S/C11H19BrN2O2S2/c1-4-8(3)14-18(15,16)10-6-9(7-13-5-2)17-11(10)12/h6,8,13-14H,4-5,7H2,1-3H3. The minimum atomic E-state index is -3.42. The molecule has 0 aliphatic rings. The van der Waals surface area contributed by atoms with E-state index in [1.807, 2.05) is 20.8 Å². The summed E-state index contributed by atoms with van der Waals surface area (Å²) in [5.41, 5.74) is 0. The van der Waals surface area contributed by atoms with E-state index in [4.69, 9.17) is 0 Å². The predicted octanol–water partition coefficient (Wildman–Crippen LogP) is 2.70. The molecule has 0 fully saturated rings. The summed E-state index contributed by atoms with van der Waals surface area (Å²) in [5, 5.41) is 3.18. The first-order valence-corrected chi connectivity index (χ1v) is 9.01. The van der Waals surface area contributed by atoms with Gasteiger partial charge in [0, 0.05) is 17.5 Å². The lowest BCUT2D eigenvalue weighted by Crippen LogP contribution is -2.31. The van der Waals surface area contributed by atoms with Gasteiger partial charge in [0.2, 0.25) is 10.0 Å². The van der Waals surface area contributed by atoms with Crippen LogP contribution in [0.15, 0.2) is 14.7 Å². The largest absolute Gasteiger partial charge is 0.312 e. The van der Waals surface area contributed by atoms with Gasteiger partial charge in [-0.2, -0.15) is 0 Å². The zero-order valence-electron chi connectivity index (χ0n) is 10.8. The van der Waals surface area contributed by atoms with Crippen LogP contribution in [-0.4, -0.2) is 21.0 Å². The Hall–Kier alpha value is 0.0500. The zero-order chi connectivity index (χ0) is 13.8. The molecular weight excluding hydrogens is 336 g/mol. The highest BCUT2D eigenvalue weighted by Gasteiger charge is 2.22. The van der Waals surface area contributed by atoms with Crippen molar-refractivity contribution in [1.82, 2.24) is 10.0 Å². The lowest BCUT2D eigenvalue weighted by molar-refractivity contribution is 0.555. The van der Waals surface area contributed by atoms with Gasteiger partial charge >= 0.3 is 0 Å². The number of hydrogen-bond donors (Lipinski definition) is 2. The normalized spacial score (nSPS) is 13.8. The Balaban J connectivity index is 2.91. The zero-order valence-corrected chi connectivity index (χ0v) is 14.0. The van der Waals surface area contributed by atoms with Gasteiger partial charge in [-0.25, -0.2) is 13.1 Å². The van der Waals surface area contributed by atoms with Crippen LogP contribution in [0.5, 0.6) is 0 Å². The number of sulfonamides is 1. The summed E-state index contributed by atoms with van der Waals surface area (Å²) in [6, 6.07) is 1.67. The number of nitrogens with one attached hydrogen (secondary N) is 2. The Bertz CT molecular complexity index is 485. The van der Waals surface area contributed by atoms with E-state index < -0.39 is 10.0 Å². The van der Waals surface area contributed by atoms with Gasteiger partial charge in [-0.3, -0.25) is 0 Å². The van der Waals surface area contributed by atoms with Gasteiger partial charge < -0.3 is 5.32 Å². The van der Waals surface area contributed by atoms with Crippen LogP contribution in [0.1, 0.15) is 32.1 Å². The van der Waals surface area contributed by atoms with Crippen LogP contribution < -0.4 is 10.0 Å².